The fourth-order valence-corrected chi connectivity index (χ4v) is 7.07. The zero-order valence-electron chi connectivity index (χ0n) is 13.3. The summed E-state index contributed by atoms with van der Waals surface area (Å²) in [5, 5.41) is 0. The van der Waals surface area contributed by atoms with Gasteiger partial charge in [0.15, 0.2) is 0 Å². The van der Waals surface area contributed by atoms with Crippen LogP contribution in [0.4, 0.5) is 0 Å². The normalized spacial score (nSPS) is 55.0. The van der Waals surface area contributed by atoms with E-state index in [0.717, 1.165) is 30.1 Å². The minimum absolute atomic E-state index is 0.0685. The molecule has 20 heavy (non-hydrogen) atoms. The molecule has 4 aliphatic rings. The lowest BCUT2D eigenvalue weighted by Gasteiger charge is -2.59. The van der Waals surface area contributed by atoms with Crippen molar-refractivity contribution in [1.29, 1.82) is 0 Å². The van der Waals surface area contributed by atoms with E-state index in [0.29, 0.717) is 11.2 Å². The number of hydrogen-bond donors (Lipinski definition) is 0. The first-order valence-corrected chi connectivity index (χ1v) is 9.09. The number of Topliss-reactive ketones (excluding diaryl/α,β-unsaturated/α-hetero) is 1. The van der Waals surface area contributed by atoms with Gasteiger partial charge in [-0.15, -0.1) is 0 Å². The monoisotopic (exact) mass is 274 g/mol. The standard InChI is InChI=1S/C19H30O/c1-18-11-4-3-5-13(18)6-7-14-15-8-9-17(20)19(15,2)12-10-16(14)18/h13-16H,3-12H2,1-2H3/t13-,14-,15-,16-,18?,19?/m0/s1. The first-order chi connectivity index (χ1) is 9.56. The van der Waals surface area contributed by atoms with Gasteiger partial charge in [-0.1, -0.05) is 26.7 Å². The third kappa shape index (κ3) is 1.58. The molecule has 0 N–H and O–H groups in total. The number of ketones is 1. The molecule has 4 aliphatic carbocycles. The van der Waals surface area contributed by atoms with Crippen LogP contribution in [-0.4, -0.2) is 5.78 Å². The molecule has 0 aromatic carbocycles. The van der Waals surface area contributed by atoms with Gasteiger partial charge in [0.05, 0.1) is 0 Å². The fourth-order valence-electron chi connectivity index (χ4n) is 7.07. The Morgan fingerprint density at radius 2 is 1.75 bits per heavy atom. The lowest BCUT2D eigenvalue weighted by molar-refractivity contribution is -0.138. The maximum Gasteiger partial charge on any atom is 0.139 e. The minimum Gasteiger partial charge on any atom is -0.299 e. The van der Waals surface area contributed by atoms with Crippen LogP contribution in [0.2, 0.25) is 0 Å². The third-order valence-corrected chi connectivity index (χ3v) is 8.29. The van der Waals surface area contributed by atoms with E-state index in [1.54, 1.807) is 0 Å². The number of hydrogen-bond acceptors (Lipinski definition) is 1. The highest BCUT2D eigenvalue weighted by Crippen LogP contribution is 2.65. The summed E-state index contributed by atoms with van der Waals surface area (Å²) in [5.41, 5.74) is 0.688. The number of carbonyl (C=O) groups is 1. The highest BCUT2D eigenvalue weighted by atomic mass is 16.1. The van der Waals surface area contributed by atoms with Crippen molar-refractivity contribution in [2.75, 3.05) is 0 Å². The van der Waals surface area contributed by atoms with Gasteiger partial charge < -0.3 is 0 Å². The second-order valence-electron chi connectivity index (χ2n) is 8.82. The maximum absolute atomic E-state index is 12.4. The highest BCUT2D eigenvalue weighted by Gasteiger charge is 2.59. The summed E-state index contributed by atoms with van der Waals surface area (Å²) in [6.45, 7) is 4.92. The van der Waals surface area contributed by atoms with Gasteiger partial charge in [0.2, 0.25) is 0 Å². The van der Waals surface area contributed by atoms with Gasteiger partial charge in [-0.2, -0.15) is 0 Å². The van der Waals surface area contributed by atoms with E-state index in [1.165, 1.54) is 57.8 Å². The Balaban J connectivity index is 1.66. The van der Waals surface area contributed by atoms with Crippen molar-refractivity contribution in [2.45, 2.75) is 78.1 Å². The Hall–Kier alpha value is -0.330. The molecule has 0 heterocycles. The van der Waals surface area contributed by atoms with Crippen LogP contribution < -0.4 is 0 Å². The van der Waals surface area contributed by atoms with E-state index in [2.05, 4.69) is 13.8 Å². The quantitative estimate of drug-likeness (QED) is 0.608. The number of fused-ring (bicyclic) bond motifs is 5. The molecule has 112 valence electrons. The molecule has 0 aliphatic heterocycles. The summed E-state index contributed by atoms with van der Waals surface area (Å²) in [4.78, 5) is 12.4. The summed E-state index contributed by atoms with van der Waals surface area (Å²) in [6.07, 6.45) is 13.4. The molecule has 4 rings (SSSR count). The van der Waals surface area contributed by atoms with Crippen LogP contribution in [0.25, 0.3) is 0 Å². The average molecular weight is 274 g/mol. The van der Waals surface area contributed by atoms with E-state index in [9.17, 15) is 4.79 Å². The van der Waals surface area contributed by atoms with Crippen molar-refractivity contribution in [3.05, 3.63) is 0 Å². The molecule has 4 fully saturated rings. The smallest absolute Gasteiger partial charge is 0.139 e. The molecule has 0 aromatic rings. The molecule has 1 heteroatoms. The second kappa shape index (κ2) is 4.34. The molecule has 0 radical (unpaired) electrons. The zero-order chi connectivity index (χ0) is 14.0. The van der Waals surface area contributed by atoms with Gasteiger partial charge in [-0.05, 0) is 74.0 Å². The van der Waals surface area contributed by atoms with Crippen LogP contribution >= 0.6 is 0 Å². The Kier molecular flexibility index (Phi) is 2.89. The van der Waals surface area contributed by atoms with Crippen LogP contribution in [0.3, 0.4) is 0 Å². The Morgan fingerprint density at radius 3 is 2.60 bits per heavy atom. The molecule has 0 saturated heterocycles. The predicted molar refractivity (Wildman–Crippen MR) is 81.4 cm³/mol. The van der Waals surface area contributed by atoms with Crippen LogP contribution in [0, 0.1) is 34.5 Å². The van der Waals surface area contributed by atoms with E-state index >= 15 is 0 Å². The third-order valence-electron chi connectivity index (χ3n) is 8.29. The Labute approximate surface area is 123 Å². The largest absolute Gasteiger partial charge is 0.299 e. The average Bonchev–Trinajstić information content (AvgIpc) is 2.74. The molecular formula is C19H30O. The SMILES string of the molecule is CC12CC[C@H]3[C@@H](CC[C@@H]4CCCCC43C)[C@@H]1CCC2=O. The summed E-state index contributed by atoms with van der Waals surface area (Å²) in [7, 11) is 0. The van der Waals surface area contributed by atoms with E-state index < -0.39 is 0 Å². The molecule has 2 unspecified atom stereocenters. The molecule has 4 saturated carbocycles. The van der Waals surface area contributed by atoms with Crippen LogP contribution in [-0.2, 0) is 4.79 Å². The molecule has 6 atom stereocenters. The molecular weight excluding hydrogens is 244 g/mol. The highest BCUT2D eigenvalue weighted by molar-refractivity contribution is 5.87. The van der Waals surface area contributed by atoms with Crippen LogP contribution in [0.1, 0.15) is 78.1 Å². The van der Waals surface area contributed by atoms with Crippen molar-refractivity contribution in [2.24, 2.45) is 34.5 Å². The molecule has 0 bridgehead atoms. The van der Waals surface area contributed by atoms with E-state index in [4.69, 9.17) is 0 Å². The van der Waals surface area contributed by atoms with Gasteiger partial charge >= 0.3 is 0 Å². The van der Waals surface area contributed by atoms with Crippen molar-refractivity contribution >= 4 is 5.78 Å². The molecule has 0 spiro atoms. The first kappa shape index (κ1) is 13.3. The van der Waals surface area contributed by atoms with Crippen molar-refractivity contribution in [3.63, 3.8) is 0 Å². The van der Waals surface area contributed by atoms with Crippen molar-refractivity contribution < 1.29 is 4.79 Å². The van der Waals surface area contributed by atoms with Gasteiger partial charge in [0.1, 0.15) is 5.78 Å². The molecule has 0 aromatic heterocycles. The van der Waals surface area contributed by atoms with Crippen molar-refractivity contribution in [1.82, 2.24) is 0 Å². The van der Waals surface area contributed by atoms with E-state index in [1.807, 2.05) is 0 Å². The second-order valence-corrected chi connectivity index (χ2v) is 8.82. The maximum atomic E-state index is 12.4. The van der Waals surface area contributed by atoms with Gasteiger partial charge in [0, 0.05) is 11.8 Å². The fraction of sp³-hybridized carbons (Fsp3) is 0.947. The first-order valence-electron chi connectivity index (χ1n) is 9.09. The lowest BCUT2D eigenvalue weighted by atomic mass is 9.45. The van der Waals surface area contributed by atoms with Crippen LogP contribution in [0.15, 0.2) is 0 Å². The molecule has 0 amide bonds. The summed E-state index contributed by atoms with van der Waals surface area (Å²) in [6, 6.07) is 0. The van der Waals surface area contributed by atoms with Gasteiger partial charge in [-0.25, -0.2) is 0 Å². The summed E-state index contributed by atoms with van der Waals surface area (Å²) < 4.78 is 0. The number of carbonyl (C=O) groups excluding carboxylic acids is 1. The number of rotatable bonds is 0. The Bertz CT molecular complexity index is 427. The van der Waals surface area contributed by atoms with Gasteiger partial charge in [-0.3, -0.25) is 4.79 Å². The van der Waals surface area contributed by atoms with Crippen molar-refractivity contribution in [3.8, 4) is 0 Å². The van der Waals surface area contributed by atoms with E-state index in [-0.39, 0.29) is 5.41 Å². The minimum atomic E-state index is 0.0685. The molecule has 1 nitrogen and oxygen atoms in total. The van der Waals surface area contributed by atoms with Gasteiger partial charge in [0.25, 0.3) is 0 Å². The zero-order valence-corrected chi connectivity index (χ0v) is 13.3. The topological polar surface area (TPSA) is 17.1 Å². The summed E-state index contributed by atoms with van der Waals surface area (Å²) in [5.74, 6) is 4.13. The summed E-state index contributed by atoms with van der Waals surface area (Å²) >= 11 is 0. The lowest BCUT2D eigenvalue weighted by Crippen LogP contribution is -2.52. The Morgan fingerprint density at radius 1 is 0.900 bits per heavy atom. The predicted octanol–water partition coefficient (Wildman–Crippen LogP) is 4.99. The van der Waals surface area contributed by atoms with Crippen LogP contribution in [0.5, 0.6) is 0 Å².